The number of hydrogen-bond acceptors (Lipinski definition) is 6. The third-order valence-corrected chi connectivity index (χ3v) is 5.28. The van der Waals surface area contributed by atoms with E-state index in [0.717, 1.165) is 43.0 Å². The Bertz CT molecular complexity index is 689. The van der Waals surface area contributed by atoms with Crippen molar-refractivity contribution in [2.45, 2.75) is 32.7 Å². The van der Waals surface area contributed by atoms with Crippen LogP contribution in [0.15, 0.2) is 24.8 Å². The standard InChI is InChI=1S/C17H22N6/c1-12-13(2)20-11-21-16(12)23-9-5-14-4-8-22(10-15(14)23)17-18-6-3-7-19-17/h3,6-7,11,14-15H,4-5,8-10H2,1-2H3. The molecule has 4 rings (SSSR count). The first kappa shape index (κ1) is 14.4. The Balaban J connectivity index is 1.60. The van der Waals surface area contributed by atoms with E-state index in [1.54, 1.807) is 6.33 Å². The van der Waals surface area contributed by atoms with E-state index in [4.69, 9.17) is 0 Å². The Kier molecular flexibility index (Phi) is 3.59. The fourth-order valence-electron chi connectivity index (χ4n) is 3.86. The number of nitrogens with zero attached hydrogens (tertiary/aromatic N) is 6. The summed E-state index contributed by atoms with van der Waals surface area (Å²) in [6.07, 6.45) is 7.77. The molecule has 0 aliphatic carbocycles. The van der Waals surface area contributed by atoms with Crippen LogP contribution in [0.3, 0.4) is 0 Å². The van der Waals surface area contributed by atoms with Crippen molar-refractivity contribution in [1.82, 2.24) is 19.9 Å². The summed E-state index contributed by atoms with van der Waals surface area (Å²) in [7, 11) is 0. The maximum absolute atomic E-state index is 4.57. The molecule has 4 heterocycles. The average Bonchev–Trinajstić information content (AvgIpc) is 3.01. The molecule has 2 aromatic rings. The zero-order chi connectivity index (χ0) is 15.8. The predicted octanol–water partition coefficient (Wildman–Crippen LogP) is 1.99. The number of aromatic nitrogens is 4. The smallest absolute Gasteiger partial charge is 0.225 e. The first-order valence-corrected chi connectivity index (χ1v) is 8.31. The SMILES string of the molecule is Cc1ncnc(N2CCC3CCN(c4ncccn4)CC32)c1C. The molecule has 2 aromatic heterocycles. The molecule has 0 amide bonds. The number of fused-ring (bicyclic) bond motifs is 1. The third kappa shape index (κ3) is 2.52. The summed E-state index contributed by atoms with van der Waals surface area (Å²) in [5, 5.41) is 0. The van der Waals surface area contributed by atoms with Crippen LogP contribution in [-0.2, 0) is 0 Å². The molecule has 2 aliphatic heterocycles. The summed E-state index contributed by atoms with van der Waals surface area (Å²) in [4.78, 5) is 22.5. The van der Waals surface area contributed by atoms with Crippen LogP contribution in [0, 0.1) is 19.8 Å². The molecular weight excluding hydrogens is 288 g/mol. The molecular formula is C17H22N6. The molecule has 0 bridgehead atoms. The minimum atomic E-state index is 0.487. The lowest BCUT2D eigenvalue weighted by Crippen LogP contribution is -2.49. The van der Waals surface area contributed by atoms with Crippen molar-refractivity contribution in [3.05, 3.63) is 36.0 Å². The molecule has 23 heavy (non-hydrogen) atoms. The van der Waals surface area contributed by atoms with Gasteiger partial charge < -0.3 is 9.80 Å². The van der Waals surface area contributed by atoms with E-state index in [9.17, 15) is 0 Å². The summed E-state index contributed by atoms with van der Waals surface area (Å²) in [6, 6.07) is 2.35. The lowest BCUT2D eigenvalue weighted by molar-refractivity contribution is 0.386. The lowest BCUT2D eigenvalue weighted by atomic mass is 9.92. The maximum Gasteiger partial charge on any atom is 0.225 e. The summed E-state index contributed by atoms with van der Waals surface area (Å²) >= 11 is 0. The summed E-state index contributed by atoms with van der Waals surface area (Å²) in [5.74, 6) is 2.68. The van der Waals surface area contributed by atoms with E-state index in [-0.39, 0.29) is 0 Å². The second kappa shape index (κ2) is 5.76. The van der Waals surface area contributed by atoms with E-state index < -0.39 is 0 Å². The fourth-order valence-corrected chi connectivity index (χ4v) is 3.86. The van der Waals surface area contributed by atoms with Crippen LogP contribution in [0.5, 0.6) is 0 Å². The van der Waals surface area contributed by atoms with Crippen molar-refractivity contribution in [1.29, 1.82) is 0 Å². The molecule has 2 saturated heterocycles. The second-order valence-electron chi connectivity index (χ2n) is 6.50. The largest absolute Gasteiger partial charge is 0.351 e. The van der Waals surface area contributed by atoms with Crippen LogP contribution in [0.4, 0.5) is 11.8 Å². The van der Waals surface area contributed by atoms with E-state index in [2.05, 4.69) is 43.6 Å². The van der Waals surface area contributed by atoms with Gasteiger partial charge in [-0.15, -0.1) is 0 Å². The predicted molar refractivity (Wildman–Crippen MR) is 89.6 cm³/mol. The van der Waals surface area contributed by atoms with Gasteiger partial charge in [-0.2, -0.15) is 0 Å². The number of hydrogen-bond donors (Lipinski definition) is 0. The van der Waals surface area contributed by atoms with Gasteiger partial charge >= 0.3 is 0 Å². The van der Waals surface area contributed by atoms with Gasteiger partial charge in [0.05, 0.1) is 6.04 Å². The quantitative estimate of drug-likeness (QED) is 0.845. The summed E-state index contributed by atoms with van der Waals surface area (Å²) < 4.78 is 0. The van der Waals surface area contributed by atoms with Crippen LogP contribution in [0.2, 0.25) is 0 Å². The number of aryl methyl sites for hydroxylation is 1. The number of piperidine rings is 1. The van der Waals surface area contributed by atoms with Crippen LogP contribution < -0.4 is 9.80 Å². The first-order valence-electron chi connectivity index (χ1n) is 8.31. The van der Waals surface area contributed by atoms with Gasteiger partial charge in [-0.05, 0) is 38.7 Å². The van der Waals surface area contributed by atoms with Gasteiger partial charge in [0.1, 0.15) is 12.1 Å². The zero-order valence-corrected chi connectivity index (χ0v) is 13.7. The van der Waals surface area contributed by atoms with Crippen molar-refractivity contribution in [2.75, 3.05) is 29.4 Å². The average molecular weight is 310 g/mol. The normalized spacial score (nSPS) is 23.9. The molecule has 2 atom stereocenters. The van der Waals surface area contributed by atoms with Gasteiger partial charge in [0.2, 0.25) is 5.95 Å². The molecule has 2 unspecified atom stereocenters. The van der Waals surface area contributed by atoms with Gasteiger partial charge in [-0.1, -0.05) is 0 Å². The minimum absolute atomic E-state index is 0.487. The fraction of sp³-hybridized carbons (Fsp3) is 0.529. The van der Waals surface area contributed by atoms with Gasteiger partial charge in [-0.3, -0.25) is 0 Å². The Hall–Kier alpha value is -2.24. The van der Waals surface area contributed by atoms with E-state index >= 15 is 0 Å². The maximum atomic E-state index is 4.57. The molecule has 0 N–H and O–H groups in total. The summed E-state index contributed by atoms with van der Waals surface area (Å²) in [5.41, 5.74) is 2.26. The lowest BCUT2D eigenvalue weighted by Gasteiger charge is -2.39. The third-order valence-electron chi connectivity index (χ3n) is 5.28. The summed E-state index contributed by atoms with van der Waals surface area (Å²) in [6.45, 7) is 7.27. The molecule has 0 saturated carbocycles. The van der Waals surface area contributed by atoms with Crippen LogP contribution >= 0.6 is 0 Å². The molecule has 6 heteroatoms. The van der Waals surface area contributed by atoms with E-state index in [1.165, 1.54) is 18.4 Å². The molecule has 0 spiro atoms. The van der Waals surface area contributed by atoms with Crippen molar-refractivity contribution in [3.63, 3.8) is 0 Å². The molecule has 2 fully saturated rings. The molecule has 0 radical (unpaired) electrons. The highest BCUT2D eigenvalue weighted by molar-refractivity contribution is 5.50. The Morgan fingerprint density at radius 3 is 2.61 bits per heavy atom. The van der Waals surface area contributed by atoms with Gasteiger partial charge in [0.25, 0.3) is 0 Å². The van der Waals surface area contributed by atoms with Crippen molar-refractivity contribution in [2.24, 2.45) is 5.92 Å². The van der Waals surface area contributed by atoms with Crippen molar-refractivity contribution >= 4 is 11.8 Å². The van der Waals surface area contributed by atoms with Crippen molar-refractivity contribution in [3.8, 4) is 0 Å². The highest BCUT2D eigenvalue weighted by atomic mass is 15.3. The molecule has 120 valence electrons. The van der Waals surface area contributed by atoms with Gasteiger partial charge in [0.15, 0.2) is 0 Å². The second-order valence-corrected chi connectivity index (χ2v) is 6.50. The number of anilines is 2. The first-order chi connectivity index (χ1) is 11.2. The Morgan fingerprint density at radius 1 is 1.00 bits per heavy atom. The molecule has 2 aliphatic rings. The van der Waals surface area contributed by atoms with E-state index in [1.807, 2.05) is 18.5 Å². The Labute approximate surface area is 136 Å². The highest BCUT2D eigenvalue weighted by Gasteiger charge is 2.40. The minimum Gasteiger partial charge on any atom is -0.351 e. The van der Waals surface area contributed by atoms with Crippen LogP contribution in [0.25, 0.3) is 0 Å². The van der Waals surface area contributed by atoms with Crippen LogP contribution in [-0.4, -0.2) is 45.6 Å². The monoisotopic (exact) mass is 310 g/mol. The Morgan fingerprint density at radius 2 is 1.78 bits per heavy atom. The van der Waals surface area contributed by atoms with Gasteiger partial charge in [-0.25, -0.2) is 19.9 Å². The zero-order valence-electron chi connectivity index (χ0n) is 13.7. The van der Waals surface area contributed by atoms with E-state index in [0.29, 0.717) is 6.04 Å². The van der Waals surface area contributed by atoms with Crippen molar-refractivity contribution < 1.29 is 0 Å². The molecule has 6 nitrogen and oxygen atoms in total. The topological polar surface area (TPSA) is 58.0 Å². The highest BCUT2D eigenvalue weighted by Crippen LogP contribution is 2.36. The molecule has 0 aromatic carbocycles. The number of rotatable bonds is 2. The van der Waals surface area contributed by atoms with Gasteiger partial charge in [0, 0.05) is 43.3 Å². The van der Waals surface area contributed by atoms with Crippen LogP contribution in [0.1, 0.15) is 24.1 Å².